The second-order valence-corrected chi connectivity index (χ2v) is 9.78. The highest BCUT2D eigenvalue weighted by Gasteiger charge is 2.34. The van der Waals surface area contributed by atoms with Crippen LogP contribution in [0.1, 0.15) is 16.7 Å². The van der Waals surface area contributed by atoms with Gasteiger partial charge in [0.25, 0.3) is 0 Å². The highest BCUT2D eigenvalue weighted by molar-refractivity contribution is 5.74. The molecule has 10 heteroatoms. The summed E-state index contributed by atoms with van der Waals surface area (Å²) in [4.78, 5) is 20.7. The molecule has 0 amide bonds. The van der Waals surface area contributed by atoms with Gasteiger partial charge in [-0.15, -0.1) is 0 Å². The van der Waals surface area contributed by atoms with Crippen molar-refractivity contribution in [2.45, 2.75) is 19.6 Å². The summed E-state index contributed by atoms with van der Waals surface area (Å²) in [5.74, 6) is 2.44. The summed E-state index contributed by atoms with van der Waals surface area (Å²) in [6, 6.07) is 21.0. The van der Waals surface area contributed by atoms with E-state index in [4.69, 9.17) is 4.98 Å². The lowest BCUT2D eigenvalue weighted by molar-refractivity contribution is -0.137. The lowest BCUT2D eigenvalue weighted by Gasteiger charge is -2.39. The highest BCUT2D eigenvalue weighted by atomic mass is 19.4. The first-order chi connectivity index (χ1) is 19.7. The fourth-order valence-corrected chi connectivity index (χ4v) is 4.92. The number of nitrogens with zero attached hydrogens (tertiary/aromatic N) is 5. The van der Waals surface area contributed by atoms with Crippen molar-refractivity contribution in [3.63, 3.8) is 0 Å². The lowest BCUT2D eigenvalue weighted by Crippen LogP contribution is -2.38. The maximum Gasteiger partial charge on any atom is 0.417 e. The van der Waals surface area contributed by atoms with Gasteiger partial charge in [-0.25, -0.2) is 9.97 Å². The Kier molecular flexibility index (Phi) is 6.45. The summed E-state index contributed by atoms with van der Waals surface area (Å²) in [6.45, 7) is 6.82. The van der Waals surface area contributed by atoms with Gasteiger partial charge in [-0.2, -0.15) is 18.2 Å². The Hall–Kier alpha value is -5.12. The fourth-order valence-electron chi connectivity index (χ4n) is 4.92. The maximum atomic E-state index is 13.6. The number of nitrogens with one attached hydrogen (secondary N) is 2. The van der Waals surface area contributed by atoms with Crippen molar-refractivity contribution in [3.8, 4) is 22.6 Å². The van der Waals surface area contributed by atoms with Gasteiger partial charge in [-0.1, -0.05) is 55.1 Å². The van der Waals surface area contributed by atoms with Gasteiger partial charge in [0.2, 0.25) is 5.95 Å². The number of fused-ring (bicyclic) bond motifs is 1. The van der Waals surface area contributed by atoms with Crippen molar-refractivity contribution >= 4 is 23.1 Å². The standard InChI is InChI=1S/C31H26F3N7/c1-19-13-14-21(28-35-17-26(38-28)24-11-7-8-12-25(24)31(32,33)34)15-27(19)41-18-22-16-36-30(37-23-9-5-4-6-10-23)39-29(22)40(3)20(41)2/h4-17H,2,18H2,1,3H3,(H,35,38)(H,36,37,39). The number of anilines is 4. The molecule has 41 heavy (non-hydrogen) atoms. The normalized spacial score (nSPS) is 13.3. The molecule has 0 saturated carbocycles. The number of aromatic amines is 1. The number of hydrogen-bond acceptors (Lipinski definition) is 6. The van der Waals surface area contributed by atoms with Gasteiger partial charge in [0.05, 0.1) is 24.0 Å². The SMILES string of the molecule is C=C1N(C)c2nc(Nc3ccccc3)ncc2CN1c1cc(-c2ncc(-c3ccccc3C(F)(F)F)[nH]2)ccc1C. The number of benzene rings is 3. The number of aryl methyl sites for hydroxylation is 1. The second kappa shape index (κ2) is 10.1. The van der Waals surface area contributed by atoms with Crippen molar-refractivity contribution in [1.82, 2.24) is 19.9 Å². The number of imidazole rings is 1. The van der Waals surface area contributed by atoms with Crippen LogP contribution in [0.2, 0.25) is 0 Å². The number of alkyl halides is 3. The summed E-state index contributed by atoms with van der Waals surface area (Å²) in [5.41, 5.74) is 4.08. The Morgan fingerprint density at radius 2 is 1.71 bits per heavy atom. The molecule has 0 saturated heterocycles. The van der Waals surface area contributed by atoms with E-state index < -0.39 is 11.7 Å². The summed E-state index contributed by atoms with van der Waals surface area (Å²) >= 11 is 0. The summed E-state index contributed by atoms with van der Waals surface area (Å²) in [7, 11) is 1.91. The largest absolute Gasteiger partial charge is 0.417 e. The monoisotopic (exact) mass is 553 g/mol. The van der Waals surface area contributed by atoms with Crippen molar-refractivity contribution in [2.24, 2.45) is 0 Å². The molecule has 0 fully saturated rings. The van der Waals surface area contributed by atoms with Crippen LogP contribution in [0.4, 0.5) is 36.3 Å². The first-order valence-electron chi connectivity index (χ1n) is 12.9. The first kappa shape index (κ1) is 26.1. The average molecular weight is 554 g/mol. The predicted molar refractivity (Wildman–Crippen MR) is 155 cm³/mol. The van der Waals surface area contributed by atoms with Gasteiger partial charge in [0, 0.05) is 41.3 Å². The van der Waals surface area contributed by atoms with E-state index in [1.807, 2.05) is 67.4 Å². The first-order valence-corrected chi connectivity index (χ1v) is 12.9. The smallest absolute Gasteiger partial charge is 0.338 e. The molecule has 2 aromatic heterocycles. The van der Waals surface area contributed by atoms with E-state index >= 15 is 0 Å². The fraction of sp³-hybridized carbons (Fsp3) is 0.129. The van der Waals surface area contributed by atoms with Gasteiger partial charge in [-0.3, -0.25) is 0 Å². The number of rotatable bonds is 5. The molecule has 3 heterocycles. The molecule has 1 aliphatic rings. The van der Waals surface area contributed by atoms with Crippen LogP contribution in [-0.4, -0.2) is 27.0 Å². The van der Waals surface area contributed by atoms with Crippen LogP contribution in [0, 0.1) is 6.92 Å². The molecule has 2 N–H and O–H groups in total. The molecule has 0 radical (unpaired) electrons. The molecule has 0 bridgehead atoms. The van der Waals surface area contributed by atoms with Crippen LogP contribution >= 0.6 is 0 Å². The van der Waals surface area contributed by atoms with E-state index in [2.05, 4.69) is 31.7 Å². The van der Waals surface area contributed by atoms with E-state index in [-0.39, 0.29) is 5.56 Å². The van der Waals surface area contributed by atoms with Crippen molar-refractivity contribution < 1.29 is 13.2 Å². The molecular formula is C31H26F3N7. The minimum atomic E-state index is -4.47. The summed E-state index contributed by atoms with van der Waals surface area (Å²) < 4.78 is 40.8. The van der Waals surface area contributed by atoms with Gasteiger partial charge in [0.1, 0.15) is 17.5 Å². The zero-order valence-electron chi connectivity index (χ0n) is 22.4. The van der Waals surface area contributed by atoms with Crippen molar-refractivity contribution in [1.29, 1.82) is 0 Å². The number of H-pyrrole nitrogens is 1. The third-order valence-corrected chi connectivity index (χ3v) is 7.09. The highest BCUT2D eigenvalue weighted by Crippen LogP contribution is 2.39. The average Bonchev–Trinajstić information content (AvgIpc) is 3.46. The number of aromatic nitrogens is 4. The van der Waals surface area contributed by atoms with Crippen LogP contribution in [0.5, 0.6) is 0 Å². The Labute approximate surface area is 235 Å². The molecule has 0 atom stereocenters. The molecule has 0 spiro atoms. The third kappa shape index (κ3) is 5.00. The molecular weight excluding hydrogens is 527 g/mol. The zero-order chi connectivity index (χ0) is 28.7. The van der Waals surface area contributed by atoms with Gasteiger partial charge >= 0.3 is 6.18 Å². The van der Waals surface area contributed by atoms with E-state index in [9.17, 15) is 13.2 Å². The lowest BCUT2D eigenvalue weighted by atomic mass is 10.0. The quantitative estimate of drug-likeness (QED) is 0.234. The summed E-state index contributed by atoms with van der Waals surface area (Å²) in [5, 5.41) is 3.23. The van der Waals surface area contributed by atoms with Gasteiger partial charge in [0.15, 0.2) is 0 Å². The topological polar surface area (TPSA) is 73.0 Å². The second-order valence-electron chi connectivity index (χ2n) is 9.78. The molecule has 0 unspecified atom stereocenters. The molecule has 0 aliphatic carbocycles. The van der Waals surface area contributed by atoms with E-state index in [0.717, 1.165) is 45.8 Å². The number of hydrogen-bond donors (Lipinski definition) is 2. The molecule has 7 nitrogen and oxygen atoms in total. The molecule has 1 aliphatic heterocycles. The Balaban J connectivity index is 1.30. The minimum absolute atomic E-state index is 0.0508. The van der Waals surface area contributed by atoms with Crippen LogP contribution < -0.4 is 15.1 Å². The molecule has 5 aromatic rings. The Morgan fingerprint density at radius 1 is 0.951 bits per heavy atom. The van der Waals surface area contributed by atoms with E-state index in [0.29, 0.717) is 24.0 Å². The van der Waals surface area contributed by atoms with Crippen LogP contribution in [0.15, 0.2) is 97.6 Å². The zero-order valence-corrected chi connectivity index (χ0v) is 22.4. The third-order valence-electron chi connectivity index (χ3n) is 7.09. The summed E-state index contributed by atoms with van der Waals surface area (Å²) in [6.07, 6.45) is -1.24. The van der Waals surface area contributed by atoms with Crippen molar-refractivity contribution in [3.05, 3.63) is 114 Å². The van der Waals surface area contributed by atoms with Crippen molar-refractivity contribution in [2.75, 3.05) is 22.2 Å². The van der Waals surface area contributed by atoms with Crippen LogP contribution in [0.3, 0.4) is 0 Å². The van der Waals surface area contributed by atoms with Crippen LogP contribution in [-0.2, 0) is 12.7 Å². The van der Waals surface area contributed by atoms with E-state index in [1.54, 1.807) is 12.3 Å². The van der Waals surface area contributed by atoms with E-state index in [1.165, 1.54) is 18.3 Å². The number of para-hydroxylation sites is 1. The van der Waals surface area contributed by atoms with Crippen LogP contribution in [0.25, 0.3) is 22.6 Å². The Morgan fingerprint density at radius 3 is 2.49 bits per heavy atom. The van der Waals surface area contributed by atoms with Gasteiger partial charge in [-0.05, 0) is 36.8 Å². The maximum absolute atomic E-state index is 13.6. The molecule has 206 valence electrons. The number of halogens is 3. The molecule has 3 aromatic carbocycles. The molecule has 6 rings (SSSR count). The van der Waals surface area contributed by atoms with Gasteiger partial charge < -0.3 is 20.1 Å². The Bertz CT molecular complexity index is 1740. The predicted octanol–water partition coefficient (Wildman–Crippen LogP) is 7.53. The minimum Gasteiger partial charge on any atom is -0.338 e.